The number of aryl methyl sites for hydroxylation is 1. The van der Waals surface area contributed by atoms with Gasteiger partial charge in [-0.25, -0.2) is 4.21 Å². The standard InChI is InChI=1S/C12H11NO4S/c1-8-6-9(7-18(15)16)2-3-10(8)12(14)11-4-5-17-13-11/h2-6H,7H2,1H3,(H,15,16). The topological polar surface area (TPSA) is 80.4 Å². The van der Waals surface area contributed by atoms with E-state index in [0.717, 1.165) is 5.56 Å². The number of nitrogens with zero attached hydrogens (tertiary/aromatic N) is 1. The summed E-state index contributed by atoms with van der Waals surface area (Å²) in [4.78, 5) is 12.0. The minimum Gasteiger partial charge on any atom is -0.364 e. The molecule has 0 radical (unpaired) electrons. The Kier molecular flexibility index (Phi) is 3.69. The molecule has 0 aliphatic rings. The number of hydrogen-bond donors (Lipinski definition) is 1. The zero-order valence-corrected chi connectivity index (χ0v) is 10.4. The average molecular weight is 265 g/mol. The maximum Gasteiger partial charge on any atom is 0.215 e. The highest BCUT2D eigenvalue weighted by atomic mass is 32.2. The minimum absolute atomic E-state index is 0.0548. The van der Waals surface area contributed by atoms with Crippen molar-refractivity contribution >= 4 is 16.9 Å². The van der Waals surface area contributed by atoms with Gasteiger partial charge in [-0.15, -0.1) is 0 Å². The number of aromatic nitrogens is 1. The molecule has 1 atom stereocenters. The fourth-order valence-corrected chi connectivity index (χ4v) is 2.15. The summed E-state index contributed by atoms with van der Waals surface area (Å²) in [6.07, 6.45) is 1.34. The highest BCUT2D eigenvalue weighted by molar-refractivity contribution is 7.78. The first-order valence-electron chi connectivity index (χ1n) is 5.20. The summed E-state index contributed by atoms with van der Waals surface area (Å²) in [5.74, 6) is -0.169. The van der Waals surface area contributed by atoms with Crippen LogP contribution in [0.25, 0.3) is 0 Å². The van der Waals surface area contributed by atoms with E-state index in [1.165, 1.54) is 12.3 Å². The van der Waals surface area contributed by atoms with Crippen LogP contribution in [0.4, 0.5) is 0 Å². The largest absolute Gasteiger partial charge is 0.364 e. The van der Waals surface area contributed by atoms with Gasteiger partial charge in [0, 0.05) is 11.6 Å². The molecule has 0 saturated heterocycles. The highest BCUT2D eigenvalue weighted by Crippen LogP contribution is 2.16. The molecule has 0 amide bonds. The number of benzene rings is 1. The van der Waals surface area contributed by atoms with E-state index in [0.29, 0.717) is 11.1 Å². The Hall–Kier alpha value is -1.79. The molecule has 0 saturated carbocycles. The monoisotopic (exact) mass is 265 g/mol. The van der Waals surface area contributed by atoms with E-state index in [9.17, 15) is 9.00 Å². The molecule has 1 heterocycles. The molecule has 5 nitrogen and oxygen atoms in total. The summed E-state index contributed by atoms with van der Waals surface area (Å²) in [6, 6.07) is 6.52. The predicted molar refractivity (Wildman–Crippen MR) is 65.6 cm³/mol. The summed E-state index contributed by atoms with van der Waals surface area (Å²) in [5.41, 5.74) is 2.21. The minimum atomic E-state index is -1.88. The van der Waals surface area contributed by atoms with Crippen molar-refractivity contribution in [2.45, 2.75) is 12.7 Å². The molecular formula is C12H11NO4S. The van der Waals surface area contributed by atoms with Crippen LogP contribution in [0.1, 0.15) is 27.2 Å². The summed E-state index contributed by atoms with van der Waals surface area (Å²) >= 11 is -1.88. The van der Waals surface area contributed by atoms with E-state index in [1.54, 1.807) is 25.1 Å². The molecule has 0 aliphatic carbocycles. The second-order valence-corrected chi connectivity index (χ2v) is 4.76. The van der Waals surface area contributed by atoms with Crippen molar-refractivity contribution in [3.8, 4) is 0 Å². The van der Waals surface area contributed by atoms with Crippen LogP contribution in [0.5, 0.6) is 0 Å². The first-order chi connectivity index (χ1) is 8.58. The maximum absolute atomic E-state index is 12.0. The summed E-state index contributed by atoms with van der Waals surface area (Å²) in [6.45, 7) is 1.77. The van der Waals surface area contributed by atoms with Crippen molar-refractivity contribution in [1.29, 1.82) is 0 Å². The van der Waals surface area contributed by atoms with Crippen LogP contribution >= 0.6 is 0 Å². The molecule has 2 aromatic rings. The van der Waals surface area contributed by atoms with Gasteiger partial charge in [-0.2, -0.15) is 0 Å². The van der Waals surface area contributed by atoms with E-state index >= 15 is 0 Å². The lowest BCUT2D eigenvalue weighted by atomic mass is 10.0. The van der Waals surface area contributed by atoms with Gasteiger partial charge in [0.25, 0.3) is 0 Å². The van der Waals surface area contributed by atoms with Crippen molar-refractivity contribution in [2.24, 2.45) is 0 Å². The third-order valence-corrected chi connectivity index (χ3v) is 3.08. The first kappa shape index (κ1) is 12.7. The third-order valence-electron chi connectivity index (χ3n) is 2.50. The number of carbonyl (C=O) groups excluding carboxylic acids is 1. The molecule has 94 valence electrons. The molecule has 2 rings (SSSR count). The molecule has 0 bridgehead atoms. The molecule has 6 heteroatoms. The van der Waals surface area contributed by atoms with Gasteiger partial charge in [-0.05, 0) is 18.1 Å². The molecule has 1 aromatic heterocycles. The van der Waals surface area contributed by atoms with Crippen LogP contribution in [0.2, 0.25) is 0 Å². The van der Waals surface area contributed by atoms with Crippen LogP contribution in [-0.2, 0) is 16.8 Å². The van der Waals surface area contributed by atoms with Gasteiger partial charge in [0.15, 0.2) is 16.8 Å². The average Bonchev–Trinajstić information content (AvgIpc) is 2.80. The van der Waals surface area contributed by atoms with Gasteiger partial charge < -0.3 is 9.08 Å². The van der Waals surface area contributed by atoms with Crippen LogP contribution in [0.3, 0.4) is 0 Å². The number of ketones is 1. The van der Waals surface area contributed by atoms with Gasteiger partial charge in [-0.3, -0.25) is 4.79 Å². The maximum atomic E-state index is 12.0. The lowest BCUT2D eigenvalue weighted by Gasteiger charge is -2.05. The van der Waals surface area contributed by atoms with Gasteiger partial charge in [0.1, 0.15) is 6.26 Å². The Morgan fingerprint density at radius 1 is 1.44 bits per heavy atom. The lowest BCUT2D eigenvalue weighted by Crippen LogP contribution is -2.05. The van der Waals surface area contributed by atoms with Gasteiger partial charge >= 0.3 is 0 Å². The zero-order chi connectivity index (χ0) is 13.1. The molecule has 0 fully saturated rings. The predicted octanol–water partition coefficient (Wildman–Crippen LogP) is 1.94. The van der Waals surface area contributed by atoms with Crippen molar-refractivity contribution in [2.75, 3.05) is 0 Å². The zero-order valence-electron chi connectivity index (χ0n) is 9.62. The SMILES string of the molecule is Cc1cc(CS(=O)O)ccc1C(=O)c1ccon1. The van der Waals surface area contributed by atoms with Crippen molar-refractivity contribution in [3.63, 3.8) is 0 Å². The Morgan fingerprint density at radius 3 is 2.78 bits per heavy atom. The van der Waals surface area contributed by atoms with E-state index in [1.807, 2.05) is 0 Å². The summed E-state index contributed by atoms with van der Waals surface area (Å²) < 4.78 is 24.1. The van der Waals surface area contributed by atoms with Crippen molar-refractivity contribution < 1.29 is 18.1 Å². The van der Waals surface area contributed by atoms with E-state index < -0.39 is 11.1 Å². The van der Waals surface area contributed by atoms with Gasteiger partial charge in [-0.1, -0.05) is 23.4 Å². The second kappa shape index (κ2) is 5.24. The fraction of sp³-hybridized carbons (Fsp3) is 0.167. The highest BCUT2D eigenvalue weighted by Gasteiger charge is 2.14. The Bertz CT molecular complexity index is 592. The molecule has 1 aromatic carbocycles. The quantitative estimate of drug-likeness (QED) is 0.675. The van der Waals surface area contributed by atoms with E-state index in [-0.39, 0.29) is 17.2 Å². The Morgan fingerprint density at radius 2 is 2.22 bits per heavy atom. The smallest absolute Gasteiger partial charge is 0.215 e. The van der Waals surface area contributed by atoms with E-state index in [4.69, 9.17) is 4.55 Å². The van der Waals surface area contributed by atoms with E-state index in [2.05, 4.69) is 9.68 Å². The third kappa shape index (κ3) is 2.72. The number of rotatable bonds is 4. The van der Waals surface area contributed by atoms with Crippen LogP contribution < -0.4 is 0 Å². The second-order valence-electron chi connectivity index (χ2n) is 3.83. The van der Waals surface area contributed by atoms with Gasteiger partial charge in [0.05, 0.1) is 5.75 Å². The van der Waals surface area contributed by atoms with Gasteiger partial charge in [0.2, 0.25) is 5.78 Å². The normalized spacial score (nSPS) is 12.3. The molecule has 0 spiro atoms. The molecule has 1 unspecified atom stereocenters. The Labute approximate surface area is 106 Å². The molecule has 1 N–H and O–H groups in total. The Balaban J connectivity index is 2.30. The van der Waals surface area contributed by atoms with Crippen LogP contribution in [0.15, 0.2) is 35.1 Å². The first-order valence-corrected chi connectivity index (χ1v) is 6.47. The molecule has 0 aliphatic heterocycles. The molecule has 18 heavy (non-hydrogen) atoms. The van der Waals surface area contributed by atoms with Crippen LogP contribution in [0, 0.1) is 6.92 Å². The number of carbonyl (C=O) groups is 1. The summed E-state index contributed by atoms with van der Waals surface area (Å²) in [7, 11) is 0. The van der Waals surface area contributed by atoms with Crippen LogP contribution in [-0.4, -0.2) is 19.7 Å². The lowest BCUT2D eigenvalue weighted by molar-refractivity contribution is 0.103. The van der Waals surface area contributed by atoms with Crippen molar-refractivity contribution in [3.05, 3.63) is 52.9 Å². The molecular weight excluding hydrogens is 254 g/mol. The number of hydrogen-bond acceptors (Lipinski definition) is 4. The van der Waals surface area contributed by atoms with Crippen molar-refractivity contribution in [1.82, 2.24) is 5.16 Å². The fourth-order valence-electron chi connectivity index (χ4n) is 1.68. The summed E-state index contributed by atoms with van der Waals surface area (Å²) in [5, 5.41) is 3.59.